The van der Waals surface area contributed by atoms with Gasteiger partial charge in [0, 0.05) is 49.0 Å². The van der Waals surface area contributed by atoms with Crippen molar-refractivity contribution in [3.8, 4) is 5.69 Å². The van der Waals surface area contributed by atoms with Gasteiger partial charge in [-0.15, -0.1) is 4.31 Å². The van der Waals surface area contributed by atoms with Crippen molar-refractivity contribution in [2.45, 2.75) is 55.6 Å². The lowest BCUT2D eigenvalue weighted by atomic mass is 9.99. The zero-order valence-electron chi connectivity index (χ0n) is 24.1. The van der Waals surface area contributed by atoms with Gasteiger partial charge < -0.3 is 20.3 Å². The number of halogens is 3. The molecule has 0 bridgehead atoms. The third kappa shape index (κ3) is 5.29. The number of ether oxygens (including phenoxy) is 1. The Hall–Kier alpha value is -3.48. The minimum absolute atomic E-state index is 0.0208. The Morgan fingerprint density at radius 2 is 2.07 bits per heavy atom. The number of rotatable bonds is 6. The lowest BCUT2D eigenvalue weighted by Gasteiger charge is -2.30. The van der Waals surface area contributed by atoms with E-state index in [4.69, 9.17) is 10.5 Å². The molecule has 1 aliphatic heterocycles. The molecule has 1 aromatic heterocycles. The van der Waals surface area contributed by atoms with Gasteiger partial charge in [0.05, 0.1) is 47.7 Å². The van der Waals surface area contributed by atoms with Crippen LogP contribution < -0.4 is 11.1 Å². The van der Waals surface area contributed by atoms with Gasteiger partial charge in [0.1, 0.15) is 5.56 Å². The van der Waals surface area contributed by atoms with Crippen LogP contribution in [0.5, 0.6) is 0 Å². The second-order valence-corrected chi connectivity index (χ2v) is 13.0. The molecule has 8 nitrogen and oxygen atoms in total. The Labute approximate surface area is 251 Å². The monoisotopic (exact) mass is 613 g/mol. The fraction of sp³-hybridized carbons (Fsp3) is 0.419. The number of nitrogens with one attached hydrogen (secondary N) is 1. The lowest BCUT2D eigenvalue weighted by Crippen LogP contribution is -2.36. The maximum Gasteiger partial charge on any atom is 0.416 e. The van der Waals surface area contributed by atoms with Crippen LogP contribution in [0.15, 0.2) is 59.4 Å². The van der Waals surface area contributed by atoms with Crippen LogP contribution in [0.1, 0.15) is 70.0 Å². The van der Waals surface area contributed by atoms with Gasteiger partial charge in [-0.3, -0.25) is 0 Å². The van der Waals surface area contributed by atoms with Gasteiger partial charge in [-0.05, 0) is 54.9 Å². The maximum atomic E-state index is 14.0. The topological polar surface area (TPSA) is 108 Å². The lowest BCUT2D eigenvalue weighted by molar-refractivity contribution is -0.137. The number of nitrogens with two attached hydrogens (primary N) is 1. The highest BCUT2D eigenvalue weighted by Crippen LogP contribution is 2.52. The van der Waals surface area contributed by atoms with Crippen LogP contribution in [0, 0.1) is 11.8 Å². The molecular weight excluding hydrogens is 579 g/mol. The van der Waals surface area contributed by atoms with Crippen LogP contribution in [0.3, 0.4) is 0 Å². The summed E-state index contributed by atoms with van der Waals surface area (Å²) in [6.07, 6.45) is 1.40. The van der Waals surface area contributed by atoms with E-state index in [2.05, 4.69) is 10.4 Å². The van der Waals surface area contributed by atoms with Gasteiger partial charge >= 0.3 is 12.1 Å². The quantitative estimate of drug-likeness (QED) is 0.298. The van der Waals surface area contributed by atoms with Crippen LogP contribution in [0.4, 0.5) is 13.2 Å². The number of hydrogen-bond donors (Lipinski definition) is 2. The minimum atomic E-state index is -4.52. The number of carbonyl (C=O) groups excluding carboxylic acids is 1. The van der Waals surface area contributed by atoms with Crippen molar-refractivity contribution in [1.82, 2.24) is 19.4 Å². The number of alkyl halides is 3. The molecule has 6 rings (SSSR count). The molecule has 0 spiro atoms. The van der Waals surface area contributed by atoms with Crippen molar-refractivity contribution < 1.29 is 27.3 Å². The molecule has 2 heterocycles. The van der Waals surface area contributed by atoms with Gasteiger partial charge in [0.25, 0.3) is 0 Å². The summed E-state index contributed by atoms with van der Waals surface area (Å²) in [6.45, 7) is 2.52. The van der Waals surface area contributed by atoms with Crippen molar-refractivity contribution in [2.75, 3.05) is 20.7 Å². The maximum absolute atomic E-state index is 14.0. The Bertz CT molecular complexity index is 1590. The first-order chi connectivity index (χ1) is 20.5. The fourth-order valence-corrected chi connectivity index (χ4v) is 8.37. The van der Waals surface area contributed by atoms with Crippen LogP contribution in [0.25, 0.3) is 5.69 Å². The Kier molecular flexibility index (Phi) is 7.72. The largest absolute Gasteiger partial charge is 0.593 e. The Balaban J connectivity index is 1.39. The average Bonchev–Trinajstić information content (AvgIpc) is 3.49. The molecule has 3 N–H and O–H groups in total. The van der Waals surface area contributed by atoms with Crippen molar-refractivity contribution in [3.63, 3.8) is 0 Å². The van der Waals surface area contributed by atoms with E-state index in [0.717, 1.165) is 41.1 Å². The molecule has 1 fully saturated rings. The number of hydrogen-bond acceptors (Lipinski definition) is 7. The zero-order chi connectivity index (χ0) is 30.6. The summed E-state index contributed by atoms with van der Waals surface area (Å²) in [6, 6.07) is 9.21. The standard InChI is InChI=1S/C31H34F3N5O3S/c1-17-11-18-7-8-19(31(32,33)34)12-28(18)43(41)38(16-17)26-10-9-21-20(26)5-4-6-27(21)39-29(24(14-37-39)30(40)42-3)23-13-22(23)25(35)15-36-2/h4-8,12,14-15,17,22-23,26,36H,9-11,13,16,35H2,1-3H3/b25-15-/t17-,22?,23+,26?,43?/m0/s1. The highest BCUT2D eigenvalue weighted by Gasteiger charge is 2.46. The highest BCUT2D eigenvalue weighted by atomic mass is 32.2. The molecule has 12 heteroatoms. The molecule has 2 aromatic carbocycles. The molecule has 228 valence electrons. The van der Waals surface area contributed by atoms with E-state index in [0.29, 0.717) is 42.6 Å². The number of methoxy groups -OCH3 is 1. The van der Waals surface area contributed by atoms with Crippen molar-refractivity contribution in [3.05, 3.63) is 88.0 Å². The number of allylic oxidation sites excluding steroid dienone is 1. The van der Waals surface area contributed by atoms with E-state index >= 15 is 0 Å². The smallest absolute Gasteiger partial charge is 0.416 e. The molecule has 2 aliphatic carbocycles. The zero-order valence-corrected chi connectivity index (χ0v) is 25.0. The first-order valence-corrected chi connectivity index (χ1v) is 15.4. The summed E-state index contributed by atoms with van der Waals surface area (Å²) in [4.78, 5) is 13.0. The normalized spacial score (nSPS) is 25.6. The molecule has 0 saturated heterocycles. The SMILES string of the molecule is CN/C=C(\N)C1C[C@H]1c1c(C(=O)OC)cnn1-c1cccc2c1CCC2N1C[C@@H](C)Cc2ccc(C(F)(F)F)cc2[S+]1[O-]. The molecule has 5 atom stereocenters. The van der Waals surface area contributed by atoms with E-state index in [9.17, 15) is 22.5 Å². The van der Waals surface area contributed by atoms with Crippen LogP contribution in [0.2, 0.25) is 0 Å². The van der Waals surface area contributed by atoms with E-state index < -0.39 is 29.1 Å². The van der Waals surface area contributed by atoms with E-state index in [1.807, 2.05) is 29.4 Å². The van der Waals surface area contributed by atoms with Crippen molar-refractivity contribution in [1.29, 1.82) is 0 Å². The molecule has 0 radical (unpaired) electrons. The average molecular weight is 614 g/mol. The van der Waals surface area contributed by atoms with Gasteiger partial charge in [-0.25, -0.2) is 9.48 Å². The first-order valence-electron chi connectivity index (χ1n) is 14.3. The van der Waals surface area contributed by atoms with Crippen molar-refractivity contribution in [2.24, 2.45) is 17.6 Å². The number of benzene rings is 2. The summed E-state index contributed by atoms with van der Waals surface area (Å²) in [7, 11) is 3.12. The minimum Gasteiger partial charge on any atom is -0.593 e. The van der Waals surface area contributed by atoms with E-state index in [-0.39, 0.29) is 28.7 Å². The predicted molar refractivity (Wildman–Crippen MR) is 156 cm³/mol. The second-order valence-electron chi connectivity index (χ2n) is 11.6. The summed E-state index contributed by atoms with van der Waals surface area (Å²) in [5, 5.41) is 7.60. The fourth-order valence-electron chi connectivity index (χ4n) is 6.67. The molecule has 3 unspecified atom stereocenters. The van der Waals surface area contributed by atoms with Crippen molar-refractivity contribution >= 4 is 17.3 Å². The van der Waals surface area contributed by atoms with Crippen LogP contribution in [-0.4, -0.2) is 45.3 Å². The van der Waals surface area contributed by atoms with Crippen LogP contribution in [-0.2, 0) is 35.1 Å². The number of carbonyl (C=O) groups is 1. The molecule has 43 heavy (non-hydrogen) atoms. The van der Waals surface area contributed by atoms with Gasteiger partial charge in [0.15, 0.2) is 4.90 Å². The number of nitrogens with zero attached hydrogens (tertiary/aromatic N) is 3. The summed E-state index contributed by atoms with van der Waals surface area (Å²) in [5.74, 6) is -0.345. The third-order valence-corrected chi connectivity index (χ3v) is 10.3. The van der Waals surface area contributed by atoms with Gasteiger partial charge in [-0.1, -0.05) is 25.1 Å². The molecular formula is C31H34F3N5O3S. The summed E-state index contributed by atoms with van der Waals surface area (Å²) in [5.41, 5.74) is 10.8. The highest BCUT2D eigenvalue weighted by molar-refractivity contribution is 7.89. The molecule has 3 aliphatic rings. The van der Waals surface area contributed by atoms with E-state index in [1.54, 1.807) is 17.9 Å². The molecule has 3 aromatic rings. The predicted octanol–water partition coefficient (Wildman–Crippen LogP) is 5.01. The van der Waals surface area contributed by atoms with Gasteiger partial charge in [-0.2, -0.15) is 18.3 Å². The molecule has 0 amide bonds. The van der Waals surface area contributed by atoms with Crippen LogP contribution >= 0.6 is 0 Å². The summed E-state index contributed by atoms with van der Waals surface area (Å²) >= 11 is -1.78. The number of esters is 1. The Morgan fingerprint density at radius 1 is 1.28 bits per heavy atom. The Morgan fingerprint density at radius 3 is 2.79 bits per heavy atom. The van der Waals surface area contributed by atoms with E-state index in [1.165, 1.54) is 19.4 Å². The first kappa shape index (κ1) is 29.6. The third-order valence-electron chi connectivity index (χ3n) is 8.74. The van der Waals surface area contributed by atoms with Gasteiger partial charge in [0.2, 0.25) is 0 Å². The number of aromatic nitrogens is 2. The second kappa shape index (κ2) is 11.2. The number of fused-ring (bicyclic) bond motifs is 2. The molecule has 1 saturated carbocycles. The summed E-state index contributed by atoms with van der Waals surface area (Å²) < 4.78 is 63.5.